The van der Waals surface area contributed by atoms with Crippen LogP contribution in [-0.2, 0) is 11.3 Å². The van der Waals surface area contributed by atoms with E-state index in [1.807, 2.05) is 37.3 Å². The van der Waals surface area contributed by atoms with Crippen LogP contribution in [-0.4, -0.2) is 27.2 Å². The molecule has 3 amide bonds. The van der Waals surface area contributed by atoms with Gasteiger partial charge in [-0.2, -0.15) is 0 Å². The van der Waals surface area contributed by atoms with Gasteiger partial charge in [-0.15, -0.1) is 0 Å². The Kier molecular flexibility index (Phi) is 6.55. The molecule has 7 heteroatoms. The molecule has 27 heavy (non-hydrogen) atoms. The molecule has 1 aromatic heterocycles. The van der Waals surface area contributed by atoms with Gasteiger partial charge in [-0.05, 0) is 32.3 Å². The van der Waals surface area contributed by atoms with Gasteiger partial charge in [0.15, 0.2) is 5.16 Å². The number of imidazole rings is 1. The van der Waals surface area contributed by atoms with E-state index in [4.69, 9.17) is 0 Å². The maximum Gasteiger partial charge on any atom is 0.321 e. The summed E-state index contributed by atoms with van der Waals surface area (Å²) in [5.41, 5.74) is 3.16. The number of carbonyl (C=O) groups is 2. The number of urea groups is 1. The van der Waals surface area contributed by atoms with E-state index in [-0.39, 0.29) is 11.7 Å². The first-order valence-corrected chi connectivity index (χ1v) is 10.3. The van der Waals surface area contributed by atoms with Gasteiger partial charge in [0.25, 0.3) is 0 Å². The van der Waals surface area contributed by atoms with Gasteiger partial charge in [-0.3, -0.25) is 10.1 Å². The Hall–Kier alpha value is -2.28. The molecule has 0 radical (unpaired) electrons. The number of nitrogens with zero attached hydrogens (tertiary/aromatic N) is 2. The van der Waals surface area contributed by atoms with Crippen LogP contribution in [0.25, 0.3) is 0 Å². The van der Waals surface area contributed by atoms with Crippen molar-refractivity contribution in [2.75, 3.05) is 5.75 Å². The van der Waals surface area contributed by atoms with E-state index < -0.39 is 6.03 Å². The SMILES string of the molecule is Cc1nc(SCC(=O)NC(=O)NCc2ccccc2)n(C2CCCC2)c1C. The molecule has 0 aliphatic heterocycles. The van der Waals surface area contributed by atoms with E-state index in [1.54, 1.807) is 0 Å². The summed E-state index contributed by atoms with van der Waals surface area (Å²) in [5.74, 6) is -0.150. The lowest BCUT2D eigenvalue weighted by Gasteiger charge is -2.16. The Morgan fingerprint density at radius 1 is 1.19 bits per heavy atom. The predicted octanol–water partition coefficient (Wildman–Crippen LogP) is 3.73. The third-order valence-corrected chi connectivity index (χ3v) is 5.88. The molecule has 1 fully saturated rings. The third kappa shape index (κ3) is 5.13. The fraction of sp³-hybridized carbons (Fsp3) is 0.450. The highest BCUT2D eigenvalue weighted by atomic mass is 32.2. The van der Waals surface area contributed by atoms with Crippen LogP contribution in [0.15, 0.2) is 35.5 Å². The van der Waals surface area contributed by atoms with Crippen molar-refractivity contribution < 1.29 is 9.59 Å². The highest BCUT2D eigenvalue weighted by molar-refractivity contribution is 7.99. The molecule has 1 aliphatic carbocycles. The van der Waals surface area contributed by atoms with Crippen molar-refractivity contribution in [3.63, 3.8) is 0 Å². The molecule has 2 aromatic rings. The second-order valence-electron chi connectivity index (χ2n) is 6.88. The van der Waals surface area contributed by atoms with Crippen molar-refractivity contribution in [3.05, 3.63) is 47.3 Å². The first-order valence-electron chi connectivity index (χ1n) is 9.34. The van der Waals surface area contributed by atoms with Gasteiger partial charge in [0.05, 0.1) is 11.4 Å². The zero-order valence-electron chi connectivity index (χ0n) is 15.8. The van der Waals surface area contributed by atoms with Crippen LogP contribution in [0.1, 0.15) is 48.7 Å². The van der Waals surface area contributed by atoms with Crippen LogP contribution in [0, 0.1) is 13.8 Å². The van der Waals surface area contributed by atoms with Crippen LogP contribution in [0.4, 0.5) is 4.79 Å². The topological polar surface area (TPSA) is 76.0 Å². The standard InChI is InChI=1S/C20H26N4O2S/c1-14-15(2)24(17-10-6-7-11-17)20(22-14)27-13-18(25)23-19(26)21-12-16-8-4-3-5-9-16/h3-5,8-9,17H,6-7,10-13H2,1-2H3,(H2,21,23,25,26). The highest BCUT2D eigenvalue weighted by Gasteiger charge is 2.23. The number of carbonyl (C=O) groups excluding carboxylic acids is 2. The second kappa shape index (κ2) is 9.08. The Labute approximate surface area is 164 Å². The van der Waals surface area contributed by atoms with E-state index >= 15 is 0 Å². The third-order valence-electron chi connectivity index (χ3n) is 4.93. The first-order chi connectivity index (χ1) is 13.0. The molecule has 1 saturated carbocycles. The summed E-state index contributed by atoms with van der Waals surface area (Å²) in [7, 11) is 0. The number of nitrogens with one attached hydrogen (secondary N) is 2. The summed E-state index contributed by atoms with van der Waals surface area (Å²) in [6.45, 7) is 4.47. The van der Waals surface area contributed by atoms with Crippen LogP contribution < -0.4 is 10.6 Å². The summed E-state index contributed by atoms with van der Waals surface area (Å²) in [6, 6.07) is 9.59. The predicted molar refractivity (Wildman–Crippen MR) is 107 cm³/mol. The molecular weight excluding hydrogens is 360 g/mol. The minimum absolute atomic E-state index is 0.168. The normalized spacial score (nSPS) is 14.3. The molecule has 2 N–H and O–H groups in total. The number of aryl methyl sites for hydroxylation is 1. The van der Waals surface area contributed by atoms with Crippen molar-refractivity contribution in [3.8, 4) is 0 Å². The quantitative estimate of drug-likeness (QED) is 0.742. The molecule has 144 valence electrons. The van der Waals surface area contributed by atoms with Gasteiger partial charge in [0.1, 0.15) is 0 Å². The summed E-state index contributed by atoms with van der Waals surface area (Å²) in [5, 5.41) is 5.95. The lowest BCUT2D eigenvalue weighted by Crippen LogP contribution is -2.40. The molecule has 0 saturated heterocycles. The van der Waals surface area contributed by atoms with Crippen molar-refractivity contribution in [1.82, 2.24) is 20.2 Å². The van der Waals surface area contributed by atoms with Crippen molar-refractivity contribution >= 4 is 23.7 Å². The summed E-state index contributed by atoms with van der Waals surface area (Å²) in [4.78, 5) is 28.7. The Morgan fingerprint density at radius 3 is 2.59 bits per heavy atom. The molecule has 0 unspecified atom stereocenters. The summed E-state index contributed by atoms with van der Waals surface area (Å²) < 4.78 is 2.27. The zero-order chi connectivity index (χ0) is 19.2. The number of hydrogen-bond acceptors (Lipinski definition) is 4. The van der Waals surface area contributed by atoms with Crippen molar-refractivity contribution in [1.29, 1.82) is 0 Å². The van der Waals surface area contributed by atoms with Crippen LogP contribution in [0.2, 0.25) is 0 Å². The molecule has 0 bridgehead atoms. The zero-order valence-corrected chi connectivity index (χ0v) is 16.6. The van der Waals surface area contributed by atoms with Crippen LogP contribution in [0.5, 0.6) is 0 Å². The number of hydrogen-bond donors (Lipinski definition) is 2. The number of aromatic nitrogens is 2. The fourth-order valence-electron chi connectivity index (χ4n) is 3.41. The molecule has 0 atom stereocenters. The van der Waals surface area contributed by atoms with Gasteiger partial charge >= 0.3 is 6.03 Å². The first kappa shape index (κ1) is 19.5. The minimum Gasteiger partial charge on any atom is -0.334 e. The number of imide groups is 1. The monoisotopic (exact) mass is 386 g/mol. The highest BCUT2D eigenvalue weighted by Crippen LogP contribution is 2.35. The van der Waals surface area contributed by atoms with Gasteiger partial charge in [0.2, 0.25) is 5.91 Å². The average molecular weight is 387 g/mol. The van der Waals surface area contributed by atoms with E-state index in [1.165, 1.54) is 30.3 Å². The number of rotatable bonds is 6. The van der Waals surface area contributed by atoms with E-state index in [2.05, 4.69) is 27.1 Å². The molecule has 3 rings (SSSR count). The summed E-state index contributed by atoms with van der Waals surface area (Å²) >= 11 is 1.39. The minimum atomic E-state index is -0.476. The lowest BCUT2D eigenvalue weighted by molar-refractivity contribution is -0.117. The molecule has 1 aliphatic rings. The van der Waals surface area contributed by atoms with Gasteiger partial charge in [-0.25, -0.2) is 9.78 Å². The fourth-order valence-corrected chi connectivity index (χ4v) is 4.36. The number of amides is 3. The lowest BCUT2D eigenvalue weighted by atomic mass is 10.2. The average Bonchev–Trinajstić information content (AvgIpc) is 3.28. The van der Waals surface area contributed by atoms with Gasteiger partial charge in [-0.1, -0.05) is 54.9 Å². The molecule has 6 nitrogen and oxygen atoms in total. The van der Waals surface area contributed by atoms with Crippen molar-refractivity contribution in [2.24, 2.45) is 0 Å². The maximum absolute atomic E-state index is 12.1. The largest absolute Gasteiger partial charge is 0.334 e. The number of benzene rings is 1. The van der Waals surface area contributed by atoms with Crippen molar-refractivity contribution in [2.45, 2.75) is 57.3 Å². The second-order valence-corrected chi connectivity index (χ2v) is 7.82. The summed E-state index contributed by atoms with van der Waals surface area (Å²) in [6.07, 6.45) is 4.82. The number of thioether (sulfide) groups is 1. The van der Waals surface area contributed by atoms with Gasteiger partial charge in [0, 0.05) is 18.3 Å². The van der Waals surface area contributed by atoms with Crippen LogP contribution >= 0.6 is 11.8 Å². The van der Waals surface area contributed by atoms with E-state index in [0.29, 0.717) is 12.6 Å². The Balaban J connectivity index is 1.50. The molecular formula is C20H26N4O2S. The Bertz CT molecular complexity index is 798. The smallest absolute Gasteiger partial charge is 0.321 e. The van der Waals surface area contributed by atoms with E-state index in [0.717, 1.165) is 29.3 Å². The molecule has 0 spiro atoms. The maximum atomic E-state index is 12.1. The Morgan fingerprint density at radius 2 is 1.89 bits per heavy atom. The van der Waals surface area contributed by atoms with Crippen LogP contribution in [0.3, 0.4) is 0 Å². The molecule has 1 aromatic carbocycles. The van der Waals surface area contributed by atoms with E-state index in [9.17, 15) is 9.59 Å². The molecule has 1 heterocycles. The van der Waals surface area contributed by atoms with Gasteiger partial charge < -0.3 is 9.88 Å².